The van der Waals surface area contributed by atoms with Gasteiger partial charge in [0.25, 0.3) is 5.91 Å². The molecule has 0 aromatic heterocycles. The Morgan fingerprint density at radius 1 is 1.08 bits per heavy atom. The van der Waals surface area contributed by atoms with Gasteiger partial charge in [-0.1, -0.05) is 18.2 Å². The summed E-state index contributed by atoms with van der Waals surface area (Å²) in [4.78, 5) is 37.8. The van der Waals surface area contributed by atoms with Crippen molar-refractivity contribution in [2.75, 3.05) is 16.8 Å². The summed E-state index contributed by atoms with van der Waals surface area (Å²) in [6.07, 6.45) is 0.469. The molecule has 1 aliphatic heterocycles. The molecule has 0 radical (unpaired) electrons. The molecule has 2 aromatic carbocycles. The lowest BCUT2D eigenvalue weighted by atomic mass is 10.2. The first-order valence-corrected chi connectivity index (χ1v) is 8.52. The van der Waals surface area contributed by atoms with E-state index < -0.39 is 18.0 Å². The number of hydrogen-bond donors (Lipinski definition) is 1. The van der Waals surface area contributed by atoms with Gasteiger partial charge in [-0.3, -0.25) is 9.59 Å². The molecule has 1 fully saturated rings. The number of nitrogens with one attached hydrogen (secondary N) is 1. The first kappa shape index (κ1) is 17.7. The second kappa shape index (κ2) is 7.82. The second-order valence-electron chi connectivity index (χ2n) is 6.10. The van der Waals surface area contributed by atoms with E-state index in [-0.39, 0.29) is 5.91 Å². The molecular formula is C20H20N2O4. The summed E-state index contributed by atoms with van der Waals surface area (Å²) in [6.45, 7) is 2.22. The number of esters is 1. The van der Waals surface area contributed by atoms with Crippen molar-refractivity contribution in [1.82, 2.24) is 0 Å². The van der Waals surface area contributed by atoms with Crippen LogP contribution in [0.3, 0.4) is 0 Å². The van der Waals surface area contributed by atoms with Crippen LogP contribution in [0.4, 0.5) is 11.4 Å². The van der Waals surface area contributed by atoms with Gasteiger partial charge in [-0.15, -0.1) is 0 Å². The fraction of sp³-hybridized carbons (Fsp3) is 0.250. The maximum Gasteiger partial charge on any atom is 0.338 e. The summed E-state index contributed by atoms with van der Waals surface area (Å²) in [5.74, 6) is -0.893. The van der Waals surface area contributed by atoms with Gasteiger partial charge < -0.3 is 15.0 Å². The molecule has 6 nitrogen and oxygen atoms in total. The van der Waals surface area contributed by atoms with Crippen LogP contribution in [-0.2, 0) is 14.3 Å². The highest BCUT2D eigenvalue weighted by Crippen LogP contribution is 2.22. The van der Waals surface area contributed by atoms with Crippen molar-refractivity contribution in [1.29, 1.82) is 0 Å². The summed E-state index contributed by atoms with van der Waals surface area (Å²) >= 11 is 0. The maximum absolute atomic E-state index is 12.2. The molecule has 0 bridgehead atoms. The van der Waals surface area contributed by atoms with E-state index in [9.17, 15) is 14.4 Å². The fourth-order valence-corrected chi connectivity index (χ4v) is 2.75. The highest BCUT2D eigenvalue weighted by Gasteiger charge is 2.23. The highest BCUT2D eigenvalue weighted by molar-refractivity contribution is 5.98. The molecule has 1 heterocycles. The molecule has 0 spiro atoms. The average Bonchev–Trinajstić information content (AvgIpc) is 3.08. The Morgan fingerprint density at radius 2 is 1.77 bits per heavy atom. The third-order valence-electron chi connectivity index (χ3n) is 4.18. The van der Waals surface area contributed by atoms with Gasteiger partial charge in [-0.05, 0) is 49.7 Å². The first-order valence-electron chi connectivity index (χ1n) is 8.52. The van der Waals surface area contributed by atoms with Gasteiger partial charge in [-0.2, -0.15) is 0 Å². The van der Waals surface area contributed by atoms with Crippen molar-refractivity contribution in [2.24, 2.45) is 0 Å². The van der Waals surface area contributed by atoms with E-state index in [4.69, 9.17) is 4.74 Å². The molecule has 3 rings (SSSR count). The molecule has 0 unspecified atom stereocenters. The molecule has 6 heteroatoms. The largest absolute Gasteiger partial charge is 0.449 e. The van der Waals surface area contributed by atoms with Gasteiger partial charge in [0.15, 0.2) is 6.10 Å². The number of benzene rings is 2. The maximum atomic E-state index is 12.2. The standard InChI is InChI=1S/C20H20N2O4/c1-14(19(24)21-16-6-3-2-4-7-16)26-20(25)15-9-11-17(12-10-15)22-13-5-8-18(22)23/h2-4,6-7,9-12,14H,5,8,13H2,1H3,(H,21,24)/t14-/m1/s1. The van der Waals surface area contributed by atoms with E-state index in [0.29, 0.717) is 24.2 Å². The average molecular weight is 352 g/mol. The van der Waals surface area contributed by atoms with Crippen LogP contribution in [0.25, 0.3) is 0 Å². The molecule has 2 aromatic rings. The van der Waals surface area contributed by atoms with E-state index >= 15 is 0 Å². The van der Waals surface area contributed by atoms with Gasteiger partial charge in [0.2, 0.25) is 5.91 Å². The molecule has 0 saturated carbocycles. The monoisotopic (exact) mass is 352 g/mol. The zero-order valence-electron chi connectivity index (χ0n) is 14.5. The highest BCUT2D eigenvalue weighted by atomic mass is 16.5. The van der Waals surface area contributed by atoms with Gasteiger partial charge in [0.05, 0.1) is 5.56 Å². The minimum absolute atomic E-state index is 0.0894. The first-order chi connectivity index (χ1) is 12.5. The number of hydrogen-bond acceptors (Lipinski definition) is 4. The number of anilines is 2. The lowest BCUT2D eigenvalue weighted by Gasteiger charge is -2.16. The van der Waals surface area contributed by atoms with E-state index in [1.165, 1.54) is 6.92 Å². The van der Waals surface area contributed by atoms with E-state index in [1.54, 1.807) is 53.4 Å². The summed E-state index contributed by atoms with van der Waals surface area (Å²) in [5, 5.41) is 2.69. The lowest BCUT2D eigenvalue weighted by molar-refractivity contribution is -0.123. The number of para-hydroxylation sites is 1. The molecule has 1 N–H and O–H groups in total. The van der Waals surface area contributed by atoms with Crippen molar-refractivity contribution in [3.63, 3.8) is 0 Å². The van der Waals surface area contributed by atoms with Crippen LogP contribution < -0.4 is 10.2 Å². The number of rotatable bonds is 5. The number of ether oxygens (including phenoxy) is 1. The minimum atomic E-state index is -0.928. The number of nitrogens with zero attached hydrogens (tertiary/aromatic N) is 1. The molecule has 1 atom stereocenters. The summed E-state index contributed by atoms with van der Waals surface area (Å²) in [6, 6.07) is 15.6. The molecule has 1 saturated heterocycles. The zero-order chi connectivity index (χ0) is 18.5. The van der Waals surface area contributed by atoms with E-state index in [2.05, 4.69) is 5.32 Å². The predicted molar refractivity (Wildman–Crippen MR) is 98.0 cm³/mol. The molecule has 2 amide bonds. The molecule has 134 valence electrons. The summed E-state index contributed by atoms with van der Waals surface area (Å²) in [7, 11) is 0. The number of amides is 2. The lowest BCUT2D eigenvalue weighted by Crippen LogP contribution is -2.30. The van der Waals surface area contributed by atoms with E-state index in [0.717, 1.165) is 12.1 Å². The Morgan fingerprint density at radius 3 is 2.38 bits per heavy atom. The molecular weight excluding hydrogens is 332 g/mol. The van der Waals surface area contributed by atoms with Crippen LogP contribution >= 0.6 is 0 Å². The molecule has 26 heavy (non-hydrogen) atoms. The van der Waals surface area contributed by atoms with Gasteiger partial charge in [0.1, 0.15) is 0 Å². The van der Waals surface area contributed by atoms with Crippen LogP contribution in [0.2, 0.25) is 0 Å². The van der Waals surface area contributed by atoms with Gasteiger partial charge in [0, 0.05) is 24.3 Å². The SMILES string of the molecule is C[C@@H](OC(=O)c1ccc(N2CCCC2=O)cc1)C(=O)Nc1ccccc1. The van der Waals surface area contributed by atoms with Crippen LogP contribution in [0.5, 0.6) is 0 Å². The number of carbonyl (C=O) groups excluding carboxylic acids is 3. The topological polar surface area (TPSA) is 75.7 Å². The zero-order valence-corrected chi connectivity index (χ0v) is 14.5. The van der Waals surface area contributed by atoms with Crippen molar-refractivity contribution in [2.45, 2.75) is 25.9 Å². The van der Waals surface area contributed by atoms with Crippen molar-refractivity contribution < 1.29 is 19.1 Å². The number of carbonyl (C=O) groups is 3. The minimum Gasteiger partial charge on any atom is -0.449 e. The Bertz CT molecular complexity index is 802. The van der Waals surface area contributed by atoms with Gasteiger partial charge in [-0.25, -0.2) is 4.79 Å². The fourth-order valence-electron chi connectivity index (χ4n) is 2.75. The van der Waals surface area contributed by atoms with Gasteiger partial charge >= 0.3 is 5.97 Å². The van der Waals surface area contributed by atoms with Crippen molar-refractivity contribution in [3.05, 3.63) is 60.2 Å². The molecule has 0 aliphatic carbocycles. The second-order valence-corrected chi connectivity index (χ2v) is 6.10. The van der Waals surface area contributed by atoms with Crippen LogP contribution in [0.1, 0.15) is 30.1 Å². The summed E-state index contributed by atoms with van der Waals surface area (Å²) in [5.41, 5.74) is 1.73. The smallest absolute Gasteiger partial charge is 0.338 e. The summed E-state index contributed by atoms with van der Waals surface area (Å²) < 4.78 is 5.23. The van der Waals surface area contributed by atoms with Crippen molar-refractivity contribution >= 4 is 29.2 Å². The Labute approximate surface area is 151 Å². The Kier molecular flexibility index (Phi) is 5.31. The van der Waals surface area contributed by atoms with Crippen LogP contribution in [-0.4, -0.2) is 30.4 Å². The predicted octanol–water partition coefficient (Wildman–Crippen LogP) is 3.00. The Balaban J connectivity index is 1.58. The molecule has 1 aliphatic rings. The van der Waals surface area contributed by atoms with E-state index in [1.807, 2.05) is 6.07 Å². The Hall–Kier alpha value is -3.15. The van der Waals surface area contributed by atoms with Crippen LogP contribution in [0, 0.1) is 0 Å². The third-order valence-corrected chi connectivity index (χ3v) is 4.18. The third kappa shape index (κ3) is 4.08. The van der Waals surface area contributed by atoms with Crippen molar-refractivity contribution in [3.8, 4) is 0 Å². The van der Waals surface area contributed by atoms with Crippen LogP contribution in [0.15, 0.2) is 54.6 Å². The quantitative estimate of drug-likeness (QED) is 0.840. The normalized spacial score (nSPS) is 14.8.